The van der Waals surface area contributed by atoms with E-state index in [0.717, 1.165) is 16.9 Å². The van der Waals surface area contributed by atoms with Gasteiger partial charge in [0.25, 0.3) is 0 Å². The number of halogens is 1. The van der Waals surface area contributed by atoms with Crippen molar-refractivity contribution in [2.24, 2.45) is 0 Å². The van der Waals surface area contributed by atoms with Gasteiger partial charge in [-0.05, 0) is 53.6 Å². The maximum absolute atomic E-state index is 9.43. The van der Waals surface area contributed by atoms with E-state index in [-0.39, 0.29) is 0 Å². The van der Waals surface area contributed by atoms with E-state index in [1.807, 2.05) is 24.3 Å². The molecule has 0 radical (unpaired) electrons. The van der Waals surface area contributed by atoms with E-state index >= 15 is 0 Å². The first-order valence-corrected chi connectivity index (χ1v) is 7.18. The molecule has 0 atom stereocenters. The number of rotatable bonds is 5. The quantitative estimate of drug-likeness (QED) is 0.601. The Morgan fingerprint density at radius 3 is 2.26 bits per heavy atom. The maximum atomic E-state index is 9.43. The second-order valence-electron chi connectivity index (χ2n) is 4.64. The molecule has 0 saturated heterocycles. The van der Waals surface area contributed by atoms with Crippen LogP contribution in [0.15, 0.2) is 36.4 Å². The molecule has 0 fully saturated rings. The smallest absolute Gasteiger partial charge is 0.179 e. The number of methoxy groups -OCH3 is 3. The zero-order chi connectivity index (χ0) is 16.8. The Kier molecular flexibility index (Phi) is 5.51. The minimum absolute atomic E-state index is 0.421. The normalized spacial score (nSPS) is 10.8. The lowest BCUT2D eigenvalue weighted by Crippen LogP contribution is -1.92. The number of nitriles is 1. The summed E-state index contributed by atoms with van der Waals surface area (Å²) in [4.78, 5) is 0. The summed E-state index contributed by atoms with van der Waals surface area (Å²) in [5, 5.41) is 9.85. The van der Waals surface area contributed by atoms with E-state index in [0.29, 0.717) is 22.1 Å². The Labute approximate surface area is 140 Å². The van der Waals surface area contributed by atoms with Crippen molar-refractivity contribution in [1.29, 1.82) is 5.26 Å². The van der Waals surface area contributed by atoms with Crippen LogP contribution in [0.25, 0.3) is 11.6 Å². The second kappa shape index (κ2) is 7.57. The van der Waals surface area contributed by atoms with Crippen LogP contribution in [0.4, 0.5) is 0 Å². The van der Waals surface area contributed by atoms with Crippen molar-refractivity contribution in [2.75, 3.05) is 21.3 Å². The van der Waals surface area contributed by atoms with Crippen molar-refractivity contribution >= 4 is 23.3 Å². The van der Waals surface area contributed by atoms with Gasteiger partial charge in [-0.3, -0.25) is 0 Å². The van der Waals surface area contributed by atoms with Crippen LogP contribution in [0.2, 0.25) is 5.02 Å². The molecule has 0 heterocycles. The van der Waals surface area contributed by atoms with Crippen LogP contribution < -0.4 is 14.2 Å². The van der Waals surface area contributed by atoms with Gasteiger partial charge in [0.05, 0.1) is 38.0 Å². The molecular weight excluding hydrogens is 314 g/mol. The molecule has 23 heavy (non-hydrogen) atoms. The lowest BCUT2D eigenvalue weighted by atomic mass is 10.0. The Hall–Kier alpha value is -2.64. The standard InChI is InChI=1S/C18H16ClNO3/c1-21-15-6-4-13(5-7-15)14(11-20)8-12-9-16(19)18(23-3)17(10-12)22-2/h4-10H,1-3H3/b14-8+. The van der Waals surface area contributed by atoms with Crippen molar-refractivity contribution in [3.8, 4) is 23.3 Å². The summed E-state index contributed by atoms with van der Waals surface area (Å²) >= 11 is 6.19. The topological polar surface area (TPSA) is 51.5 Å². The van der Waals surface area contributed by atoms with Crippen LogP contribution >= 0.6 is 11.6 Å². The van der Waals surface area contributed by atoms with Crippen molar-refractivity contribution < 1.29 is 14.2 Å². The molecule has 0 unspecified atom stereocenters. The van der Waals surface area contributed by atoms with Gasteiger partial charge in [-0.1, -0.05) is 11.6 Å². The largest absolute Gasteiger partial charge is 0.497 e. The summed E-state index contributed by atoms with van der Waals surface area (Å²) in [6.07, 6.45) is 1.75. The number of ether oxygens (including phenoxy) is 3. The highest BCUT2D eigenvalue weighted by Crippen LogP contribution is 2.37. The molecule has 0 aromatic heterocycles. The number of hydrogen-bond donors (Lipinski definition) is 0. The van der Waals surface area contributed by atoms with Gasteiger partial charge in [-0.2, -0.15) is 5.26 Å². The summed E-state index contributed by atoms with van der Waals surface area (Å²) in [6.45, 7) is 0. The van der Waals surface area contributed by atoms with E-state index in [1.165, 1.54) is 14.2 Å². The summed E-state index contributed by atoms with van der Waals surface area (Å²) < 4.78 is 15.6. The molecular formula is C18H16ClNO3. The lowest BCUT2D eigenvalue weighted by Gasteiger charge is -2.10. The van der Waals surface area contributed by atoms with Gasteiger partial charge in [0.15, 0.2) is 11.5 Å². The van der Waals surface area contributed by atoms with Crippen LogP contribution in [-0.2, 0) is 0 Å². The fourth-order valence-electron chi connectivity index (χ4n) is 2.14. The number of benzene rings is 2. The number of hydrogen-bond acceptors (Lipinski definition) is 4. The fraction of sp³-hybridized carbons (Fsp3) is 0.167. The summed E-state index contributed by atoms with van der Waals surface area (Å²) in [6, 6.07) is 13.0. The summed E-state index contributed by atoms with van der Waals surface area (Å²) in [5.41, 5.74) is 2.05. The van der Waals surface area contributed by atoms with E-state index in [2.05, 4.69) is 6.07 Å². The van der Waals surface area contributed by atoms with Gasteiger partial charge in [0.1, 0.15) is 5.75 Å². The monoisotopic (exact) mass is 329 g/mol. The predicted molar refractivity (Wildman–Crippen MR) is 91.0 cm³/mol. The molecule has 4 nitrogen and oxygen atoms in total. The molecule has 0 saturated carbocycles. The van der Waals surface area contributed by atoms with E-state index in [1.54, 1.807) is 25.3 Å². The number of nitrogens with zero attached hydrogens (tertiary/aromatic N) is 1. The third-order valence-corrected chi connectivity index (χ3v) is 3.57. The molecule has 2 rings (SSSR count). The van der Waals surface area contributed by atoms with Gasteiger partial charge >= 0.3 is 0 Å². The first-order valence-electron chi connectivity index (χ1n) is 6.80. The van der Waals surface area contributed by atoms with Crippen LogP contribution in [0, 0.1) is 11.3 Å². The first-order chi connectivity index (χ1) is 11.1. The number of allylic oxidation sites excluding steroid dienone is 1. The van der Waals surface area contributed by atoms with E-state index in [9.17, 15) is 5.26 Å². The van der Waals surface area contributed by atoms with Gasteiger partial charge in [-0.15, -0.1) is 0 Å². The van der Waals surface area contributed by atoms with E-state index in [4.69, 9.17) is 25.8 Å². The highest BCUT2D eigenvalue weighted by molar-refractivity contribution is 6.32. The van der Waals surface area contributed by atoms with Crippen LogP contribution in [0.1, 0.15) is 11.1 Å². The zero-order valence-corrected chi connectivity index (χ0v) is 13.8. The third kappa shape index (κ3) is 3.77. The van der Waals surface area contributed by atoms with Gasteiger partial charge in [-0.25, -0.2) is 0 Å². The minimum atomic E-state index is 0.421. The molecule has 0 aliphatic carbocycles. The predicted octanol–water partition coefficient (Wildman–Crippen LogP) is 4.43. The lowest BCUT2D eigenvalue weighted by molar-refractivity contribution is 0.355. The SMILES string of the molecule is COc1ccc(/C(C#N)=C/c2cc(Cl)c(OC)c(OC)c2)cc1. The molecule has 0 aliphatic rings. The molecule has 2 aromatic carbocycles. The molecule has 118 valence electrons. The average molecular weight is 330 g/mol. The second-order valence-corrected chi connectivity index (χ2v) is 5.04. The third-order valence-electron chi connectivity index (χ3n) is 3.29. The maximum Gasteiger partial charge on any atom is 0.179 e. The average Bonchev–Trinajstić information content (AvgIpc) is 2.59. The first kappa shape index (κ1) is 16.7. The highest BCUT2D eigenvalue weighted by Gasteiger charge is 2.11. The molecule has 0 spiro atoms. The van der Waals surface area contributed by atoms with Crippen molar-refractivity contribution in [2.45, 2.75) is 0 Å². The Morgan fingerprint density at radius 2 is 1.74 bits per heavy atom. The summed E-state index contributed by atoms with van der Waals surface area (Å²) in [5.74, 6) is 1.72. The van der Waals surface area contributed by atoms with Crippen LogP contribution in [0.5, 0.6) is 17.2 Å². The van der Waals surface area contributed by atoms with Crippen molar-refractivity contribution in [1.82, 2.24) is 0 Å². The van der Waals surface area contributed by atoms with Crippen LogP contribution in [0.3, 0.4) is 0 Å². The molecule has 0 bridgehead atoms. The van der Waals surface area contributed by atoms with Gasteiger partial charge < -0.3 is 14.2 Å². The van der Waals surface area contributed by atoms with Gasteiger partial charge in [0.2, 0.25) is 0 Å². The molecule has 5 heteroatoms. The van der Waals surface area contributed by atoms with Crippen molar-refractivity contribution in [3.63, 3.8) is 0 Å². The Bertz CT molecular complexity index is 761. The fourth-order valence-corrected chi connectivity index (χ4v) is 2.43. The van der Waals surface area contributed by atoms with Crippen molar-refractivity contribution in [3.05, 3.63) is 52.5 Å². The van der Waals surface area contributed by atoms with Gasteiger partial charge in [0, 0.05) is 0 Å². The van der Waals surface area contributed by atoms with Crippen LogP contribution in [-0.4, -0.2) is 21.3 Å². The Morgan fingerprint density at radius 1 is 1.04 bits per heavy atom. The molecule has 0 aliphatic heterocycles. The van der Waals surface area contributed by atoms with E-state index < -0.39 is 0 Å². The summed E-state index contributed by atoms with van der Waals surface area (Å²) in [7, 11) is 4.66. The molecule has 2 aromatic rings. The molecule has 0 N–H and O–H groups in total. The Balaban J connectivity index is 2.45. The minimum Gasteiger partial charge on any atom is -0.497 e. The molecule has 0 amide bonds. The highest BCUT2D eigenvalue weighted by atomic mass is 35.5. The zero-order valence-electron chi connectivity index (χ0n) is 13.1.